The average molecular weight is 162 g/mol. The second-order valence-corrected chi connectivity index (χ2v) is 3.75. The maximum atomic E-state index is 5.69. The van der Waals surface area contributed by atoms with E-state index in [1.807, 2.05) is 0 Å². The van der Waals surface area contributed by atoms with Crippen LogP contribution in [0.25, 0.3) is 0 Å². The predicted molar refractivity (Wildman–Crippen MR) is 51.6 cm³/mol. The third kappa shape index (κ3) is 1.71. The molecule has 0 atom stereocenters. The van der Waals surface area contributed by atoms with Crippen molar-refractivity contribution in [3.8, 4) is 0 Å². The molecule has 0 amide bonds. The molecule has 0 aromatic carbocycles. The fraction of sp³-hybridized carbons (Fsp3) is 0.667. The Morgan fingerprint density at radius 1 is 1.25 bits per heavy atom. The Morgan fingerprint density at radius 3 is 2.08 bits per heavy atom. The van der Waals surface area contributed by atoms with E-state index >= 15 is 0 Å². The molecule has 12 heavy (non-hydrogen) atoms. The van der Waals surface area contributed by atoms with Gasteiger partial charge in [-0.25, -0.2) is 0 Å². The molecule has 64 valence electrons. The van der Waals surface area contributed by atoms with Crippen molar-refractivity contribution < 1.29 is 0 Å². The molecule has 0 fully saturated rings. The van der Waals surface area contributed by atoms with E-state index in [1.165, 1.54) is 4.59 Å². The quantitative estimate of drug-likeness (QED) is 0.608. The Labute approximate surface area is 75.4 Å². The largest absolute Gasteiger partial charge is 0.327 e. The highest BCUT2D eigenvalue weighted by Crippen LogP contribution is 2.19. The molecule has 0 aliphatic rings. The van der Waals surface area contributed by atoms with Gasteiger partial charge in [0.1, 0.15) is 0 Å². The van der Waals surface area contributed by atoms with Crippen LogP contribution < -0.4 is 0 Å². The van der Waals surface area contributed by atoms with Gasteiger partial charge >= 0.3 is 0 Å². The summed E-state index contributed by atoms with van der Waals surface area (Å²) >= 11 is 0. The smallest absolute Gasteiger partial charge is 0.264 e. The molecule has 0 saturated heterocycles. The first-order valence-corrected chi connectivity index (χ1v) is 4.37. The van der Waals surface area contributed by atoms with Crippen LogP contribution in [0.1, 0.15) is 50.9 Å². The first-order chi connectivity index (χ1) is 5.52. The molecule has 0 aliphatic heterocycles. The fourth-order valence-electron chi connectivity index (χ4n) is 1.14. The predicted octanol–water partition coefficient (Wildman–Crippen LogP) is 2.06. The second-order valence-electron chi connectivity index (χ2n) is 3.75. The molecule has 0 spiro atoms. The molecule has 2 radical (unpaired) electrons. The first kappa shape index (κ1) is 9.36. The van der Waals surface area contributed by atoms with Crippen LogP contribution in [0, 0.1) is 0 Å². The molecular formula is C9H15BN2. The van der Waals surface area contributed by atoms with Gasteiger partial charge in [0, 0.05) is 5.69 Å². The van der Waals surface area contributed by atoms with Gasteiger partial charge in [-0.05, 0) is 17.9 Å². The number of rotatable bonds is 2. The molecule has 1 rings (SSSR count). The average Bonchev–Trinajstić information content (AvgIpc) is 2.30. The standard InChI is InChI=1S/C9H15BN2/c1-6(2)8-5-9(7(3)4)12(10)11-8/h5-7H,1-4H3. The summed E-state index contributed by atoms with van der Waals surface area (Å²) in [6.07, 6.45) is 0. The van der Waals surface area contributed by atoms with Crippen molar-refractivity contribution in [1.29, 1.82) is 0 Å². The van der Waals surface area contributed by atoms with E-state index in [9.17, 15) is 0 Å². The summed E-state index contributed by atoms with van der Waals surface area (Å²) in [5.74, 6) is 0.891. The van der Waals surface area contributed by atoms with Gasteiger partial charge in [0.25, 0.3) is 7.98 Å². The van der Waals surface area contributed by atoms with Gasteiger partial charge in [-0.2, -0.15) is 5.10 Å². The van der Waals surface area contributed by atoms with Gasteiger partial charge in [0.15, 0.2) is 0 Å². The van der Waals surface area contributed by atoms with Crippen molar-refractivity contribution in [3.05, 3.63) is 17.5 Å². The first-order valence-electron chi connectivity index (χ1n) is 4.37. The summed E-state index contributed by atoms with van der Waals surface area (Å²) in [7, 11) is 5.69. The zero-order valence-electron chi connectivity index (χ0n) is 8.20. The summed E-state index contributed by atoms with van der Waals surface area (Å²) < 4.78 is 1.49. The molecular weight excluding hydrogens is 147 g/mol. The van der Waals surface area contributed by atoms with E-state index in [1.54, 1.807) is 0 Å². The zero-order valence-corrected chi connectivity index (χ0v) is 8.20. The SMILES string of the molecule is [B]n1nc(C(C)C)cc1C(C)C. The van der Waals surface area contributed by atoms with Crippen molar-refractivity contribution in [2.24, 2.45) is 0 Å². The van der Waals surface area contributed by atoms with E-state index in [0.717, 1.165) is 11.4 Å². The third-order valence-corrected chi connectivity index (χ3v) is 1.97. The highest BCUT2D eigenvalue weighted by atomic mass is 15.2. The van der Waals surface area contributed by atoms with Crippen molar-refractivity contribution in [2.45, 2.75) is 39.5 Å². The Morgan fingerprint density at radius 2 is 1.83 bits per heavy atom. The lowest BCUT2D eigenvalue weighted by atomic mass is 10.1. The lowest BCUT2D eigenvalue weighted by Gasteiger charge is -2.03. The minimum Gasteiger partial charge on any atom is -0.327 e. The summed E-state index contributed by atoms with van der Waals surface area (Å²) in [6.45, 7) is 8.47. The number of nitrogens with zero attached hydrogens (tertiary/aromatic N) is 2. The molecule has 0 saturated carbocycles. The molecule has 1 aromatic heterocycles. The molecule has 0 N–H and O–H groups in total. The number of aromatic nitrogens is 2. The topological polar surface area (TPSA) is 17.8 Å². The Kier molecular flexibility index (Phi) is 2.60. The number of hydrogen-bond acceptors (Lipinski definition) is 1. The van der Waals surface area contributed by atoms with Crippen LogP contribution in [0.5, 0.6) is 0 Å². The zero-order chi connectivity index (χ0) is 9.30. The van der Waals surface area contributed by atoms with Crippen LogP contribution in [-0.4, -0.2) is 17.7 Å². The van der Waals surface area contributed by atoms with Crippen LogP contribution in [0.15, 0.2) is 6.07 Å². The van der Waals surface area contributed by atoms with Crippen molar-refractivity contribution in [1.82, 2.24) is 9.69 Å². The highest BCUT2D eigenvalue weighted by Gasteiger charge is 2.09. The van der Waals surface area contributed by atoms with Gasteiger partial charge in [-0.1, -0.05) is 27.7 Å². The van der Waals surface area contributed by atoms with Crippen LogP contribution >= 0.6 is 0 Å². The molecule has 1 aromatic rings. The van der Waals surface area contributed by atoms with Crippen LogP contribution in [0.3, 0.4) is 0 Å². The van der Waals surface area contributed by atoms with Crippen LogP contribution in [0.4, 0.5) is 0 Å². The van der Waals surface area contributed by atoms with Crippen molar-refractivity contribution in [3.63, 3.8) is 0 Å². The minimum atomic E-state index is 0.440. The monoisotopic (exact) mass is 162 g/mol. The Hall–Kier alpha value is -0.725. The third-order valence-electron chi connectivity index (χ3n) is 1.97. The summed E-state index contributed by atoms with van der Waals surface area (Å²) in [5, 5.41) is 4.23. The van der Waals surface area contributed by atoms with E-state index in [4.69, 9.17) is 7.98 Å². The lowest BCUT2D eigenvalue weighted by Crippen LogP contribution is -2.02. The van der Waals surface area contributed by atoms with Gasteiger partial charge < -0.3 is 4.59 Å². The van der Waals surface area contributed by atoms with Crippen molar-refractivity contribution >= 4 is 7.98 Å². The van der Waals surface area contributed by atoms with Crippen LogP contribution in [0.2, 0.25) is 0 Å². The van der Waals surface area contributed by atoms with Crippen LogP contribution in [-0.2, 0) is 0 Å². The normalized spacial score (nSPS) is 11.5. The summed E-state index contributed by atoms with van der Waals surface area (Å²) in [4.78, 5) is 0. The highest BCUT2D eigenvalue weighted by molar-refractivity contribution is 6.06. The summed E-state index contributed by atoms with van der Waals surface area (Å²) in [6, 6.07) is 2.08. The Bertz CT molecular complexity index is 263. The molecule has 2 nitrogen and oxygen atoms in total. The van der Waals surface area contributed by atoms with Crippen molar-refractivity contribution in [2.75, 3.05) is 0 Å². The van der Waals surface area contributed by atoms with E-state index < -0.39 is 0 Å². The van der Waals surface area contributed by atoms with Gasteiger partial charge in [-0.3, -0.25) is 0 Å². The van der Waals surface area contributed by atoms with E-state index in [2.05, 4.69) is 38.9 Å². The van der Waals surface area contributed by atoms with Gasteiger partial charge in [0.2, 0.25) is 0 Å². The molecule has 3 heteroatoms. The number of hydrogen-bond donors (Lipinski definition) is 0. The molecule has 0 unspecified atom stereocenters. The summed E-state index contributed by atoms with van der Waals surface area (Å²) in [5.41, 5.74) is 2.17. The van der Waals surface area contributed by atoms with E-state index in [0.29, 0.717) is 11.8 Å². The van der Waals surface area contributed by atoms with E-state index in [-0.39, 0.29) is 0 Å². The Balaban J connectivity index is 3.00. The minimum absolute atomic E-state index is 0.440. The van der Waals surface area contributed by atoms with Gasteiger partial charge in [-0.15, -0.1) is 0 Å². The fourth-order valence-corrected chi connectivity index (χ4v) is 1.14. The second kappa shape index (κ2) is 3.34. The molecule has 1 heterocycles. The lowest BCUT2D eigenvalue weighted by molar-refractivity contribution is 0.758. The maximum Gasteiger partial charge on any atom is 0.264 e. The molecule has 0 bridgehead atoms. The molecule has 0 aliphatic carbocycles. The maximum absolute atomic E-state index is 5.69. The van der Waals surface area contributed by atoms with Gasteiger partial charge in [0.05, 0.1) is 5.69 Å².